The van der Waals surface area contributed by atoms with Crippen LogP contribution in [0, 0.1) is 5.92 Å². The molecule has 1 unspecified atom stereocenters. The highest BCUT2D eigenvalue weighted by atomic mass is 35.5. The lowest BCUT2D eigenvalue weighted by molar-refractivity contribution is -0.140. The first-order chi connectivity index (χ1) is 10.3. The predicted octanol–water partition coefficient (Wildman–Crippen LogP) is 3.82. The maximum atomic E-state index is 12.9. The van der Waals surface area contributed by atoms with E-state index >= 15 is 0 Å². The standard InChI is InChI=1S/C17H23ClN2O.ClH/c18-15-8-4-7-14(11-15)16-12-19-9-10-20(16)17(21)13-5-2-1-3-6-13;/h4,7-8,11,13,16,19H,1-3,5-6,9-10,12H2;1H. The maximum absolute atomic E-state index is 12.9. The summed E-state index contributed by atoms with van der Waals surface area (Å²) in [6, 6.07) is 8.03. The van der Waals surface area contributed by atoms with E-state index in [9.17, 15) is 4.79 Å². The van der Waals surface area contributed by atoms with Crippen molar-refractivity contribution >= 4 is 29.9 Å². The molecule has 0 spiro atoms. The minimum absolute atomic E-state index is 0. The smallest absolute Gasteiger partial charge is 0.226 e. The average Bonchev–Trinajstić information content (AvgIpc) is 2.55. The van der Waals surface area contributed by atoms with Crippen molar-refractivity contribution in [1.82, 2.24) is 10.2 Å². The molecule has 1 saturated heterocycles. The summed E-state index contributed by atoms with van der Waals surface area (Å²) in [6.45, 7) is 2.50. The zero-order valence-corrected chi connectivity index (χ0v) is 14.3. The Bertz CT molecular complexity index is 503. The van der Waals surface area contributed by atoms with E-state index < -0.39 is 0 Å². The van der Waals surface area contributed by atoms with Crippen molar-refractivity contribution in [1.29, 1.82) is 0 Å². The second kappa shape index (κ2) is 8.19. The molecule has 1 aromatic carbocycles. The largest absolute Gasteiger partial charge is 0.333 e. The van der Waals surface area contributed by atoms with Crippen LogP contribution < -0.4 is 5.32 Å². The minimum Gasteiger partial charge on any atom is -0.333 e. The van der Waals surface area contributed by atoms with Gasteiger partial charge in [0.25, 0.3) is 0 Å². The van der Waals surface area contributed by atoms with Crippen molar-refractivity contribution in [3.8, 4) is 0 Å². The van der Waals surface area contributed by atoms with Gasteiger partial charge >= 0.3 is 0 Å². The minimum atomic E-state index is 0. The van der Waals surface area contributed by atoms with E-state index in [1.54, 1.807) is 0 Å². The molecule has 0 bridgehead atoms. The third-order valence-corrected chi connectivity index (χ3v) is 4.95. The normalized spacial score (nSPS) is 23.0. The van der Waals surface area contributed by atoms with Gasteiger partial charge in [-0.15, -0.1) is 12.4 Å². The van der Waals surface area contributed by atoms with Gasteiger partial charge in [-0.1, -0.05) is 43.0 Å². The van der Waals surface area contributed by atoms with Crippen molar-refractivity contribution in [3.63, 3.8) is 0 Å². The molecule has 1 N–H and O–H groups in total. The van der Waals surface area contributed by atoms with Crippen LogP contribution in [0.15, 0.2) is 24.3 Å². The zero-order valence-electron chi connectivity index (χ0n) is 12.8. The van der Waals surface area contributed by atoms with Crippen molar-refractivity contribution in [2.45, 2.75) is 38.1 Å². The number of nitrogens with one attached hydrogen (secondary N) is 1. The second-order valence-corrected chi connectivity index (χ2v) is 6.58. The van der Waals surface area contributed by atoms with Crippen LogP contribution in [0.25, 0.3) is 0 Å². The van der Waals surface area contributed by atoms with Crippen LogP contribution >= 0.6 is 24.0 Å². The number of hydrogen-bond acceptors (Lipinski definition) is 2. The molecule has 22 heavy (non-hydrogen) atoms. The first-order valence-corrected chi connectivity index (χ1v) is 8.40. The SMILES string of the molecule is Cl.O=C(C1CCCCC1)N1CCNCC1c1cccc(Cl)c1. The summed E-state index contributed by atoms with van der Waals surface area (Å²) in [5, 5.41) is 4.14. The summed E-state index contributed by atoms with van der Waals surface area (Å²) in [5.41, 5.74) is 1.14. The van der Waals surface area contributed by atoms with E-state index in [0.717, 1.165) is 43.1 Å². The van der Waals surface area contributed by atoms with Crippen LogP contribution in [-0.4, -0.2) is 30.4 Å². The molecule has 5 heteroatoms. The lowest BCUT2D eigenvalue weighted by Crippen LogP contribution is -2.50. The molecule has 1 amide bonds. The Balaban J connectivity index is 0.00000176. The Morgan fingerprint density at radius 3 is 2.73 bits per heavy atom. The van der Waals surface area contributed by atoms with Crippen LogP contribution in [0.4, 0.5) is 0 Å². The molecular formula is C17H24Cl2N2O. The second-order valence-electron chi connectivity index (χ2n) is 6.14. The van der Waals surface area contributed by atoms with Gasteiger partial charge < -0.3 is 10.2 Å². The highest BCUT2D eigenvalue weighted by molar-refractivity contribution is 6.30. The van der Waals surface area contributed by atoms with Crippen molar-refractivity contribution in [2.24, 2.45) is 5.92 Å². The van der Waals surface area contributed by atoms with Crippen LogP contribution in [0.2, 0.25) is 5.02 Å². The van der Waals surface area contributed by atoms with Crippen LogP contribution in [0.1, 0.15) is 43.7 Å². The van der Waals surface area contributed by atoms with Crippen LogP contribution in [0.3, 0.4) is 0 Å². The molecule has 2 aliphatic rings. The molecule has 0 aromatic heterocycles. The molecule has 122 valence electrons. The fraction of sp³-hybridized carbons (Fsp3) is 0.588. The fourth-order valence-electron chi connectivity index (χ4n) is 3.56. The van der Waals surface area contributed by atoms with Gasteiger partial charge in [-0.3, -0.25) is 4.79 Å². The van der Waals surface area contributed by atoms with Crippen LogP contribution in [0.5, 0.6) is 0 Å². The quantitative estimate of drug-likeness (QED) is 0.886. The molecule has 1 saturated carbocycles. The molecule has 1 aliphatic heterocycles. The number of piperazine rings is 1. The van der Waals surface area contributed by atoms with E-state index in [4.69, 9.17) is 11.6 Å². The Labute approximate surface area is 143 Å². The van der Waals surface area contributed by atoms with Gasteiger partial charge in [-0.2, -0.15) is 0 Å². The number of halogens is 2. The molecule has 3 rings (SSSR count). The molecule has 1 aromatic rings. The van der Waals surface area contributed by atoms with E-state index in [1.807, 2.05) is 18.2 Å². The topological polar surface area (TPSA) is 32.3 Å². The summed E-state index contributed by atoms with van der Waals surface area (Å²) in [6.07, 6.45) is 5.80. The van der Waals surface area contributed by atoms with Gasteiger partial charge in [0.05, 0.1) is 6.04 Å². The number of rotatable bonds is 2. The first-order valence-electron chi connectivity index (χ1n) is 8.02. The Hall–Kier alpha value is -0.770. The highest BCUT2D eigenvalue weighted by Gasteiger charge is 2.32. The predicted molar refractivity (Wildman–Crippen MR) is 92.6 cm³/mol. The van der Waals surface area contributed by atoms with Crippen molar-refractivity contribution < 1.29 is 4.79 Å². The number of hydrogen-bond donors (Lipinski definition) is 1. The lowest BCUT2D eigenvalue weighted by Gasteiger charge is -2.39. The maximum Gasteiger partial charge on any atom is 0.226 e. The first kappa shape index (κ1) is 17.6. The van der Waals surface area contributed by atoms with Gasteiger partial charge in [-0.25, -0.2) is 0 Å². The van der Waals surface area contributed by atoms with Crippen molar-refractivity contribution in [3.05, 3.63) is 34.9 Å². The average molecular weight is 343 g/mol. The summed E-state index contributed by atoms with van der Waals surface area (Å²) in [7, 11) is 0. The van der Waals surface area contributed by atoms with Gasteiger partial charge in [-0.05, 0) is 30.5 Å². The van der Waals surface area contributed by atoms with Gasteiger partial charge in [0.2, 0.25) is 5.91 Å². The molecule has 1 aliphatic carbocycles. The van der Waals surface area contributed by atoms with E-state index in [2.05, 4.69) is 16.3 Å². The number of carbonyl (C=O) groups is 1. The Morgan fingerprint density at radius 2 is 2.00 bits per heavy atom. The lowest BCUT2D eigenvalue weighted by atomic mass is 9.87. The number of amides is 1. The summed E-state index contributed by atoms with van der Waals surface area (Å²) < 4.78 is 0. The summed E-state index contributed by atoms with van der Waals surface area (Å²) in [4.78, 5) is 15.0. The Morgan fingerprint density at radius 1 is 1.23 bits per heavy atom. The monoisotopic (exact) mass is 342 g/mol. The number of carbonyl (C=O) groups excluding carboxylic acids is 1. The highest BCUT2D eigenvalue weighted by Crippen LogP contribution is 2.30. The molecule has 0 radical (unpaired) electrons. The zero-order chi connectivity index (χ0) is 14.7. The summed E-state index contributed by atoms with van der Waals surface area (Å²) >= 11 is 6.12. The Kier molecular flexibility index (Phi) is 6.54. The number of benzene rings is 1. The number of nitrogens with zero attached hydrogens (tertiary/aromatic N) is 1. The van der Waals surface area contributed by atoms with E-state index in [-0.39, 0.29) is 24.4 Å². The third kappa shape index (κ3) is 3.95. The fourth-order valence-corrected chi connectivity index (χ4v) is 3.76. The molecule has 1 heterocycles. The van der Waals surface area contributed by atoms with Gasteiger partial charge in [0, 0.05) is 30.6 Å². The third-order valence-electron chi connectivity index (χ3n) is 4.71. The molecular weight excluding hydrogens is 319 g/mol. The molecule has 2 fully saturated rings. The van der Waals surface area contributed by atoms with Crippen molar-refractivity contribution in [2.75, 3.05) is 19.6 Å². The van der Waals surface area contributed by atoms with E-state index in [0.29, 0.717) is 5.91 Å². The van der Waals surface area contributed by atoms with Gasteiger partial charge in [0.1, 0.15) is 0 Å². The summed E-state index contributed by atoms with van der Waals surface area (Å²) in [5.74, 6) is 0.583. The van der Waals surface area contributed by atoms with Crippen LogP contribution in [-0.2, 0) is 4.79 Å². The molecule has 3 nitrogen and oxygen atoms in total. The van der Waals surface area contributed by atoms with E-state index in [1.165, 1.54) is 19.3 Å². The molecule has 1 atom stereocenters. The van der Waals surface area contributed by atoms with Gasteiger partial charge in [0.15, 0.2) is 0 Å².